The standard InChI is InChI=1S/C10H16N6O/c1-3-17-5-4-12-8-7-6-13-16-9(7)15-10(11-2)14-8/h6H,3-5H2,1-2H3,(H3,11,12,13,14,15,16). The number of rotatable bonds is 6. The van der Waals surface area contributed by atoms with E-state index in [1.165, 1.54) is 0 Å². The van der Waals surface area contributed by atoms with Gasteiger partial charge in [-0.05, 0) is 6.92 Å². The monoisotopic (exact) mass is 236 g/mol. The Morgan fingerprint density at radius 2 is 2.29 bits per heavy atom. The Bertz CT molecular complexity index is 483. The van der Waals surface area contributed by atoms with E-state index in [2.05, 4.69) is 30.8 Å². The van der Waals surface area contributed by atoms with E-state index in [4.69, 9.17) is 4.74 Å². The van der Waals surface area contributed by atoms with E-state index in [9.17, 15) is 0 Å². The quantitative estimate of drug-likeness (QED) is 0.644. The summed E-state index contributed by atoms with van der Waals surface area (Å²) >= 11 is 0. The van der Waals surface area contributed by atoms with Gasteiger partial charge in [0.05, 0.1) is 18.2 Å². The molecule has 0 radical (unpaired) electrons. The fourth-order valence-electron chi connectivity index (χ4n) is 1.47. The molecule has 17 heavy (non-hydrogen) atoms. The van der Waals surface area contributed by atoms with E-state index in [0.717, 1.165) is 11.2 Å². The molecule has 0 aromatic carbocycles. The maximum atomic E-state index is 5.26. The zero-order valence-electron chi connectivity index (χ0n) is 9.95. The molecular formula is C10H16N6O. The zero-order valence-corrected chi connectivity index (χ0v) is 9.95. The summed E-state index contributed by atoms with van der Waals surface area (Å²) in [6, 6.07) is 0. The molecule has 0 aliphatic rings. The van der Waals surface area contributed by atoms with Gasteiger partial charge in [0.2, 0.25) is 5.95 Å². The fourth-order valence-corrected chi connectivity index (χ4v) is 1.47. The van der Waals surface area contributed by atoms with Crippen LogP contribution in [0.5, 0.6) is 0 Å². The van der Waals surface area contributed by atoms with Crippen molar-refractivity contribution in [2.45, 2.75) is 6.92 Å². The first-order chi connectivity index (χ1) is 8.35. The Hall–Kier alpha value is -1.89. The molecule has 92 valence electrons. The van der Waals surface area contributed by atoms with Gasteiger partial charge < -0.3 is 15.4 Å². The van der Waals surface area contributed by atoms with Crippen molar-refractivity contribution in [3.63, 3.8) is 0 Å². The van der Waals surface area contributed by atoms with Crippen molar-refractivity contribution in [2.24, 2.45) is 0 Å². The van der Waals surface area contributed by atoms with Gasteiger partial charge in [-0.1, -0.05) is 0 Å². The number of aromatic amines is 1. The van der Waals surface area contributed by atoms with Gasteiger partial charge >= 0.3 is 0 Å². The molecule has 3 N–H and O–H groups in total. The third kappa shape index (κ3) is 2.62. The molecule has 7 heteroatoms. The van der Waals surface area contributed by atoms with Gasteiger partial charge in [-0.15, -0.1) is 0 Å². The van der Waals surface area contributed by atoms with E-state index < -0.39 is 0 Å². The minimum Gasteiger partial charge on any atom is -0.380 e. The molecule has 2 aromatic heterocycles. The highest BCUT2D eigenvalue weighted by Gasteiger charge is 2.07. The molecule has 7 nitrogen and oxygen atoms in total. The minimum absolute atomic E-state index is 0.556. The SMILES string of the molecule is CCOCCNc1nc(NC)nc2[nH]ncc12. The predicted octanol–water partition coefficient (Wildman–Crippen LogP) is 0.843. The summed E-state index contributed by atoms with van der Waals surface area (Å²) in [6.45, 7) is 4.04. The Morgan fingerprint density at radius 3 is 3.06 bits per heavy atom. The molecule has 0 saturated carbocycles. The minimum atomic E-state index is 0.556. The first kappa shape index (κ1) is 11.6. The van der Waals surface area contributed by atoms with Crippen LogP contribution in [0.2, 0.25) is 0 Å². The lowest BCUT2D eigenvalue weighted by atomic mass is 10.4. The molecule has 2 rings (SSSR count). The van der Waals surface area contributed by atoms with Crippen LogP contribution in [0.3, 0.4) is 0 Å². The lowest BCUT2D eigenvalue weighted by Crippen LogP contribution is -2.11. The van der Waals surface area contributed by atoms with Crippen molar-refractivity contribution in [1.29, 1.82) is 0 Å². The Balaban J connectivity index is 2.16. The van der Waals surface area contributed by atoms with Gasteiger partial charge in [-0.2, -0.15) is 15.1 Å². The smallest absolute Gasteiger partial charge is 0.226 e. The van der Waals surface area contributed by atoms with Crippen LogP contribution in [0.15, 0.2) is 6.20 Å². The van der Waals surface area contributed by atoms with Crippen molar-refractivity contribution < 1.29 is 4.74 Å². The number of nitrogens with one attached hydrogen (secondary N) is 3. The molecule has 0 bridgehead atoms. The summed E-state index contributed by atoms with van der Waals surface area (Å²) in [5, 5.41) is 13.8. The topological polar surface area (TPSA) is 87.8 Å². The average Bonchev–Trinajstić information content (AvgIpc) is 2.82. The van der Waals surface area contributed by atoms with Crippen LogP contribution < -0.4 is 10.6 Å². The van der Waals surface area contributed by atoms with Gasteiger partial charge in [-0.3, -0.25) is 5.10 Å². The van der Waals surface area contributed by atoms with E-state index in [0.29, 0.717) is 31.4 Å². The van der Waals surface area contributed by atoms with Crippen molar-refractivity contribution >= 4 is 22.8 Å². The maximum Gasteiger partial charge on any atom is 0.226 e. The van der Waals surface area contributed by atoms with Gasteiger partial charge in [0.15, 0.2) is 5.65 Å². The average molecular weight is 236 g/mol. The summed E-state index contributed by atoms with van der Waals surface area (Å²) in [5.74, 6) is 1.31. The lowest BCUT2D eigenvalue weighted by molar-refractivity contribution is 0.158. The first-order valence-electron chi connectivity index (χ1n) is 5.55. The number of aromatic nitrogens is 4. The molecule has 2 heterocycles. The van der Waals surface area contributed by atoms with E-state index in [1.54, 1.807) is 13.2 Å². The molecule has 0 fully saturated rings. The zero-order chi connectivity index (χ0) is 12.1. The Morgan fingerprint density at radius 1 is 1.41 bits per heavy atom. The predicted molar refractivity (Wildman–Crippen MR) is 66.2 cm³/mol. The van der Waals surface area contributed by atoms with Gasteiger partial charge in [-0.25, -0.2) is 0 Å². The van der Waals surface area contributed by atoms with Crippen molar-refractivity contribution in [3.05, 3.63) is 6.20 Å². The Labute approximate surface area is 99.0 Å². The van der Waals surface area contributed by atoms with Crippen LogP contribution in [-0.2, 0) is 4.74 Å². The maximum absolute atomic E-state index is 5.26. The van der Waals surface area contributed by atoms with Gasteiger partial charge in [0.25, 0.3) is 0 Å². The third-order valence-corrected chi connectivity index (χ3v) is 2.28. The molecule has 0 amide bonds. The van der Waals surface area contributed by atoms with E-state index in [-0.39, 0.29) is 0 Å². The third-order valence-electron chi connectivity index (χ3n) is 2.28. The van der Waals surface area contributed by atoms with Gasteiger partial charge in [0.1, 0.15) is 5.82 Å². The number of hydrogen-bond donors (Lipinski definition) is 3. The molecule has 0 saturated heterocycles. The Kier molecular flexibility index (Phi) is 3.71. The normalized spacial score (nSPS) is 10.7. The van der Waals surface area contributed by atoms with Crippen molar-refractivity contribution in [2.75, 3.05) is 37.4 Å². The first-order valence-corrected chi connectivity index (χ1v) is 5.55. The summed E-state index contributed by atoms with van der Waals surface area (Å²) < 4.78 is 5.26. The summed E-state index contributed by atoms with van der Waals surface area (Å²) in [5.41, 5.74) is 0.711. The van der Waals surface area contributed by atoms with Crippen molar-refractivity contribution in [1.82, 2.24) is 20.2 Å². The number of nitrogens with zero attached hydrogens (tertiary/aromatic N) is 3. The molecule has 2 aromatic rings. The molecule has 0 aliphatic heterocycles. The number of H-pyrrole nitrogens is 1. The van der Waals surface area contributed by atoms with Crippen LogP contribution in [0, 0.1) is 0 Å². The largest absolute Gasteiger partial charge is 0.380 e. The lowest BCUT2D eigenvalue weighted by Gasteiger charge is -2.07. The van der Waals surface area contributed by atoms with Gasteiger partial charge in [0, 0.05) is 20.2 Å². The van der Waals surface area contributed by atoms with E-state index >= 15 is 0 Å². The summed E-state index contributed by atoms with van der Waals surface area (Å²) in [6.07, 6.45) is 1.71. The second-order valence-electron chi connectivity index (χ2n) is 3.40. The van der Waals surface area contributed by atoms with Crippen LogP contribution in [0.4, 0.5) is 11.8 Å². The summed E-state index contributed by atoms with van der Waals surface area (Å²) in [4.78, 5) is 8.59. The van der Waals surface area contributed by atoms with Crippen molar-refractivity contribution in [3.8, 4) is 0 Å². The van der Waals surface area contributed by atoms with Crippen LogP contribution in [-0.4, -0.2) is 47.0 Å². The highest BCUT2D eigenvalue weighted by atomic mass is 16.5. The molecule has 0 aliphatic carbocycles. The second kappa shape index (κ2) is 5.44. The second-order valence-corrected chi connectivity index (χ2v) is 3.40. The molecule has 0 unspecified atom stereocenters. The number of hydrogen-bond acceptors (Lipinski definition) is 6. The number of fused-ring (bicyclic) bond motifs is 1. The fraction of sp³-hybridized carbons (Fsp3) is 0.500. The highest BCUT2D eigenvalue weighted by molar-refractivity contribution is 5.86. The molecule has 0 atom stereocenters. The molecule has 0 spiro atoms. The molecular weight excluding hydrogens is 220 g/mol. The number of anilines is 2. The van der Waals surface area contributed by atoms with Crippen LogP contribution in [0.1, 0.15) is 6.92 Å². The highest BCUT2D eigenvalue weighted by Crippen LogP contribution is 2.19. The van der Waals surface area contributed by atoms with Crippen LogP contribution >= 0.6 is 0 Å². The van der Waals surface area contributed by atoms with Crippen LogP contribution in [0.25, 0.3) is 11.0 Å². The number of ether oxygens (including phenoxy) is 1. The summed E-state index contributed by atoms with van der Waals surface area (Å²) in [7, 11) is 1.78. The van der Waals surface area contributed by atoms with E-state index in [1.807, 2.05) is 6.92 Å².